The number of hydrogen-bond acceptors (Lipinski definition) is 4. The molecule has 0 saturated carbocycles. The number of carbonyl (C=O) groups is 2. The lowest BCUT2D eigenvalue weighted by Gasteiger charge is -2.24. The Balaban J connectivity index is 2.50. The van der Waals surface area contributed by atoms with E-state index in [0.717, 1.165) is 0 Å². The first-order valence-corrected chi connectivity index (χ1v) is 4.22. The molecule has 1 amide bonds. The lowest BCUT2D eigenvalue weighted by Crippen LogP contribution is -2.36. The zero-order chi connectivity index (χ0) is 11.0. The fraction of sp³-hybridized carbons (Fsp3) is 0.222. The molecule has 78 valence electrons. The van der Waals surface area contributed by atoms with Crippen LogP contribution in [0.15, 0.2) is 12.3 Å². The van der Waals surface area contributed by atoms with Gasteiger partial charge >= 0.3 is 5.97 Å². The Kier molecular flexibility index (Phi) is 2.03. The number of nitrogens with zero attached hydrogens (tertiary/aromatic N) is 2. The third kappa shape index (κ3) is 1.50. The monoisotopic (exact) mass is 208 g/mol. The molecule has 1 aliphatic heterocycles. The van der Waals surface area contributed by atoms with Crippen molar-refractivity contribution in [2.24, 2.45) is 0 Å². The molecule has 2 heterocycles. The summed E-state index contributed by atoms with van der Waals surface area (Å²) in [4.78, 5) is 27.1. The normalized spacial score (nSPS) is 14.5. The number of carboxylic acids is 1. The minimum Gasteiger partial charge on any atom is -0.478 e. The largest absolute Gasteiger partial charge is 0.478 e. The van der Waals surface area contributed by atoms with Crippen LogP contribution in [0.2, 0.25) is 0 Å². The van der Waals surface area contributed by atoms with Gasteiger partial charge in [-0.25, -0.2) is 9.78 Å². The number of fused-ring (bicyclic) bond motifs is 1. The molecule has 0 radical (unpaired) electrons. The first-order chi connectivity index (χ1) is 7.09. The van der Waals surface area contributed by atoms with Crippen molar-refractivity contribution in [1.82, 2.24) is 4.98 Å². The minimum atomic E-state index is -1.09. The summed E-state index contributed by atoms with van der Waals surface area (Å²) in [5, 5.41) is 8.75. The van der Waals surface area contributed by atoms with Crippen molar-refractivity contribution in [3.63, 3.8) is 0 Å². The number of amides is 1. The number of ether oxygens (including phenoxy) is 1. The Hall–Kier alpha value is -2.11. The van der Waals surface area contributed by atoms with Crippen LogP contribution in [0, 0.1) is 0 Å². The first kappa shape index (κ1) is 9.45. The summed E-state index contributed by atoms with van der Waals surface area (Å²) in [6.45, 7) is -0.0665. The van der Waals surface area contributed by atoms with E-state index in [1.807, 2.05) is 0 Å². The van der Waals surface area contributed by atoms with Crippen LogP contribution >= 0.6 is 0 Å². The van der Waals surface area contributed by atoms with Crippen LogP contribution in [-0.4, -0.2) is 35.6 Å². The van der Waals surface area contributed by atoms with E-state index < -0.39 is 5.97 Å². The molecule has 0 bridgehead atoms. The van der Waals surface area contributed by atoms with Crippen molar-refractivity contribution >= 4 is 17.6 Å². The van der Waals surface area contributed by atoms with Crippen molar-refractivity contribution in [3.05, 3.63) is 17.8 Å². The number of anilines is 1. The van der Waals surface area contributed by atoms with E-state index >= 15 is 0 Å². The van der Waals surface area contributed by atoms with E-state index in [4.69, 9.17) is 9.84 Å². The van der Waals surface area contributed by atoms with Crippen molar-refractivity contribution < 1.29 is 19.4 Å². The Morgan fingerprint density at radius 3 is 3.07 bits per heavy atom. The molecule has 0 spiro atoms. The van der Waals surface area contributed by atoms with E-state index in [1.165, 1.54) is 17.2 Å². The average Bonchev–Trinajstić information content (AvgIpc) is 2.23. The highest BCUT2D eigenvalue weighted by atomic mass is 16.5. The van der Waals surface area contributed by atoms with Crippen molar-refractivity contribution in [1.29, 1.82) is 0 Å². The summed E-state index contributed by atoms with van der Waals surface area (Å²) < 4.78 is 5.05. The zero-order valence-corrected chi connectivity index (χ0v) is 7.93. The number of carboxylic acid groups (broad SMARTS) is 1. The molecule has 1 aromatic heterocycles. The molecule has 0 unspecified atom stereocenters. The van der Waals surface area contributed by atoms with E-state index in [2.05, 4.69) is 4.98 Å². The van der Waals surface area contributed by atoms with Crippen molar-refractivity contribution in [2.45, 2.75) is 0 Å². The average molecular weight is 208 g/mol. The molecular formula is C9H8N2O4. The number of carbonyl (C=O) groups excluding carboxylic acids is 1. The first-order valence-electron chi connectivity index (χ1n) is 4.22. The SMILES string of the molecule is CN1C(=O)COc2ncc(C(=O)O)cc21. The maximum absolute atomic E-state index is 11.3. The van der Waals surface area contributed by atoms with Gasteiger partial charge in [-0.15, -0.1) is 0 Å². The molecule has 2 rings (SSSR count). The Labute approximate surface area is 85.1 Å². The van der Waals surface area contributed by atoms with Crippen molar-refractivity contribution in [3.8, 4) is 5.88 Å². The third-order valence-corrected chi connectivity index (χ3v) is 2.15. The molecular weight excluding hydrogens is 200 g/mol. The third-order valence-electron chi connectivity index (χ3n) is 2.15. The Morgan fingerprint density at radius 1 is 1.67 bits per heavy atom. The molecule has 15 heavy (non-hydrogen) atoms. The topological polar surface area (TPSA) is 79.7 Å². The van der Waals surface area contributed by atoms with Crippen LogP contribution in [0.4, 0.5) is 5.69 Å². The van der Waals surface area contributed by atoms with E-state index in [1.54, 1.807) is 7.05 Å². The number of likely N-dealkylation sites (N-methyl/N-ethyl adjacent to an activating group) is 1. The van der Waals surface area contributed by atoms with E-state index in [-0.39, 0.29) is 24.0 Å². The Bertz CT molecular complexity index is 444. The van der Waals surface area contributed by atoms with E-state index in [0.29, 0.717) is 5.69 Å². The lowest BCUT2D eigenvalue weighted by molar-refractivity contribution is -0.121. The molecule has 0 aromatic carbocycles. The van der Waals surface area contributed by atoms with Crippen LogP contribution in [0.5, 0.6) is 5.88 Å². The highest BCUT2D eigenvalue weighted by molar-refractivity contribution is 5.98. The summed E-state index contributed by atoms with van der Waals surface area (Å²) in [6, 6.07) is 1.36. The number of aromatic nitrogens is 1. The van der Waals surface area contributed by atoms with Gasteiger partial charge in [-0.3, -0.25) is 4.79 Å². The molecule has 0 fully saturated rings. The summed E-state index contributed by atoms with van der Waals surface area (Å²) in [7, 11) is 1.55. The second kappa shape index (κ2) is 3.23. The van der Waals surface area contributed by atoms with Gasteiger partial charge in [-0.05, 0) is 6.07 Å². The van der Waals surface area contributed by atoms with Crippen LogP contribution in [0.3, 0.4) is 0 Å². The van der Waals surface area contributed by atoms with Gasteiger partial charge in [-0.2, -0.15) is 0 Å². The highest BCUT2D eigenvalue weighted by Crippen LogP contribution is 2.29. The van der Waals surface area contributed by atoms with Gasteiger partial charge in [-0.1, -0.05) is 0 Å². The highest BCUT2D eigenvalue weighted by Gasteiger charge is 2.24. The van der Waals surface area contributed by atoms with Gasteiger partial charge in [0.05, 0.1) is 5.56 Å². The molecule has 1 aromatic rings. The van der Waals surface area contributed by atoms with E-state index in [9.17, 15) is 9.59 Å². The molecule has 1 N–H and O–H groups in total. The zero-order valence-electron chi connectivity index (χ0n) is 7.93. The molecule has 6 heteroatoms. The summed E-state index contributed by atoms with van der Waals surface area (Å²) in [6.07, 6.45) is 1.20. The predicted molar refractivity (Wildman–Crippen MR) is 50.1 cm³/mol. The maximum atomic E-state index is 11.3. The number of pyridine rings is 1. The quantitative estimate of drug-likeness (QED) is 0.709. The molecule has 0 saturated heterocycles. The number of rotatable bonds is 1. The summed E-state index contributed by atoms with van der Waals surface area (Å²) >= 11 is 0. The number of hydrogen-bond donors (Lipinski definition) is 1. The second-order valence-corrected chi connectivity index (χ2v) is 3.09. The number of aromatic carboxylic acids is 1. The molecule has 0 atom stereocenters. The molecule has 6 nitrogen and oxygen atoms in total. The van der Waals surface area contributed by atoms with Gasteiger partial charge in [0.2, 0.25) is 5.88 Å². The van der Waals surface area contributed by atoms with Crippen molar-refractivity contribution in [2.75, 3.05) is 18.6 Å². The van der Waals surface area contributed by atoms with Crippen LogP contribution in [-0.2, 0) is 4.79 Å². The smallest absolute Gasteiger partial charge is 0.337 e. The fourth-order valence-electron chi connectivity index (χ4n) is 1.27. The maximum Gasteiger partial charge on any atom is 0.337 e. The van der Waals surface area contributed by atoms with Gasteiger partial charge in [0.1, 0.15) is 5.69 Å². The lowest BCUT2D eigenvalue weighted by atomic mass is 10.2. The predicted octanol–water partition coefficient (Wildman–Crippen LogP) is 0.135. The minimum absolute atomic E-state index is 0.0268. The van der Waals surface area contributed by atoms with Gasteiger partial charge in [0.15, 0.2) is 6.61 Å². The fourth-order valence-corrected chi connectivity index (χ4v) is 1.27. The van der Waals surface area contributed by atoms with Gasteiger partial charge in [0.25, 0.3) is 5.91 Å². The summed E-state index contributed by atoms with van der Waals surface area (Å²) in [5.41, 5.74) is 0.407. The van der Waals surface area contributed by atoms with Crippen LogP contribution in [0.25, 0.3) is 0 Å². The molecule has 0 aliphatic carbocycles. The Morgan fingerprint density at radius 2 is 2.40 bits per heavy atom. The molecule has 1 aliphatic rings. The summed E-state index contributed by atoms with van der Waals surface area (Å²) in [5.74, 6) is -1.04. The van der Waals surface area contributed by atoms with Gasteiger partial charge < -0.3 is 14.7 Å². The standard InChI is InChI=1S/C9H8N2O4/c1-11-6-2-5(9(13)14)3-10-8(6)15-4-7(11)12/h2-3H,4H2,1H3,(H,13,14). The van der Waals surface area contributed by atoms with Gasteiger partial charge in [0, 0.05) is 13.2 Å². The van der Waals surface area contributed by atoms with Crippen LogP contribution in [0.1, 0.15) is 10.4 Å². The van der Waals surface area contributed by atoms with Crippen LogP contribution < -0.4 is 9.64 Å². The second-order valence-electron chi connectivity index (χ2n) is 3.09.